The second-order valence-electron chi connectivity index (χ2n) is 5.97. The molecule has 4 nitrogen and oxygen atoms in total. The third-order valence-corrected chi connectivity index (χ3v) is 5.83. The van der Waals surface area contributed by atoms with Crippen molar-refractivity contribution in [2.24, 2.45) is 0 Å². The lowest BCUT2D eigenvalue weighted by molar-refractivity contribution is -0.115. The van der Waals surface area contributed by atoms with E-state index in [4.69, 9.17) is 23.2 Å². The van der Waals surface area contributed by atoms with Gasteiger partial charge >= 0.3 is 0 Å². The summed E-state index contributed by atoms with van der Waals surface area (Å²) in [7, 11) is 0. The first kappa shape index (κ1) is 19.1. The summed E-state index contributed by atoms with van der Waals surface area (Å²) in [6, 6.07) is 11.0. The van der Waals surface area contributed by atoms with Gasteiger partial charge in [0, 0.05) is 29.2 Å². The van der Waals surface area contributed by atoms with Crippen molar-refractivity contribution in [2.75, 3.05) is 17.6 Å². The molecule has 0 aromatic heterocycles. The molecule has 26 heavy (non-hydrogen) atoms. The average molecular weight is 409 g/mol. The maximum absolute atomic E-state index is 12.3. The van der Waals surface area contributed by atoms with Crippen molar-refractivity contribution in [3.63, 3.8) is 0 Å². The van der Waals surface area contributed by atoms with Crippen molar-refractivity contribution in [1.82, 2.24) is 5.32 Å². The third kappa shape index (κ3) is 4.93. The van der Waals surface area contributed by atoms with Crippen LogP contribution in [0.25, 0.3) is 0 Å². The zero-order valence-corrected chi connectivity index (χ0v) is 16.3. The summed E-state index contributed by atoms with van der Waals surface area (Å²) in [5.41, 5.74) is 2.33. The third-order valence-electron chi connectivity index (χ3n) is 4.01. The van der Waals surface area contributed by atoms with Crippen molar-refractivity contribution in [2.45, 2.75) is 24.2 Å². The van der Waals surface area contributed by atoms with Gasteiger partial charge < -0.3 is 10.6 Å². The molecule has 0 atom stereocenters. The number of nitrogens with one attached hydrogen (secondary N) is 2. The number of hydrogen-bond donors (Lipinski definition) is 2. The Balaban J connectivity index is 1.53. The molecule has 0 unspecified atom stereocenters. The van der Waals surface area contributed by atoms with E-state index in [1.54, 1.807) is 30.0 Å². The van der Waals surface area contributed by atoms with Crippen LogP contribution >= 0.6 is 35.0 Å². The maximum atomic E-state index is 12.3. The van der Waals surface area contributed by atoms with Gasteiger partial charge in [-0.2, -0.15) is 0 Å². The highest BCUT2D eigenvalue weighted by Gasteiger charge is 2.15. The second kappa shape index (κ2) is 8.80. The summed E-state index contributed by atoms with van der Waals surface area (Å²) < 4.78 is 0. The van der Waals surface area contributed by atoms with Crippen LogP contribution in [0.1, 0.15) is 28.8 Å². The monoisotopic (exact) mass is 408 g/mol. The van der Waals surface area contributed by atoms with Gasteiger partial charge in [-0.05, 0) is 48.7 Å². The van der Waals surface area contributed by atoms with E-state index in [1.807, 2.05) is 18.2 Å². The summed E-state index contributed by atoms with van der Waals surface area (Å²) in [6.07, 6.45) is 2.07. The Morgan fingerprint density at radius 2 is 2.00 bits per heavy atom. The van der Waals surface area contributed by atoms with Crippen LogP contribution in [-0.4, -0.2) is 24.1 Å². The number of anilines is 1. The van der Waals surface area contributed by atoms with Crippen molar-refractivity contribution < 1.29 is 9.59 Å². The first-order valence-electron chi connectivity index (χ1n) is 8.32. The molecule has 0 bridgehead atoms. The Bertz CT molecular complexity index is 842. The van der Waals surface area contributed by atoms with Crippen molar-refractivity contribution >= 4 is 52.5 Å². The minimum atomic E-state index is -0.148. The number of thioether (sulfide) groups is 1. The van der Waals surface area contributed by atoms with E-state index in [0.29, 0.717) is 34.3 Å². The zero-order valence-electron chi connectivity index (χ0n) is 14.0. The van der Waals surface area contributed by atoms with Gasteiger partial charge in [0.1, 0.15) is 0 Å². The molecule has 0 saturated carbocycles. The Labute approximate surface area is 166 Å². The van der Waals surface area contributed by atoms with Crippen LogP contribution in [0, 0.1) is 0 Å². The molecule has 1 aliphatic heterocycles. The lowest BCUT2D eigenvalue weighted by atomic mass is 10.1. The van der Waals surface area contributed by atoms with Crippen LogP contribution in [-0.2, 0) is 11.2 Å². The van der Waals surface area contributed by atoms with E-state index >= 15 is 0 Å². The molecule has 3 rings (SSSR count). The zero-order chi connectivity index (χ0) is 18.5. The number of aryl methyl sites for hydroxylation is 1. The van der Waals surface area contributed by atoms with Crippen molar-refractivity contribution in [3.05, 3.63) is 57.6 Å². The molecule has 2 aromatic rings. The van der Waals surface area contributed by atoms with Crippen molar-refractivity contribution in [1.29, 1.82) is 0 Å². The van der Waals surface area contributed by atoms with Crippen LogP contribution in [0.2, 0.25) is 10.0 Å². The Morgan fingerprint density at radius 3 is 2.81 bits per heavy atom. The number of benzene rings is 2. The molecule has 2 amide bonds. The summed E-state index contributed by atoms with van der Waals surface area (Å²) in [5, 5.41) is 6.84. The summed E-state index contributed by atoms with van der Waals surface area (Å²) in [5.74, 6) is 0.583. The summed E-state index contributed by atoms with van der Waals surface area (Å²) >= 11 is 13.5. The van der Waals surface area contributed by atoms with Crippen LogP contribution in [0.5, 0.6) is 0 Å². The van der Waals surface area contributed by atoms with E-state index in [9.17, 15) is 9.59 Å². The topological polar surface area (TPSA) is 58.2 Å². The van der Waals surface area contributed by atoms with Crippen LogP contribution in [0.3, 0.4) is 0 Å². The molecule has 1 aliphatic rings. The van der Waals surface area contributed by atoms with E-state index in [2.05, 4.69) is 10.6 Å². The molecular formula is C19H18Cl2N2O2S. The molecule has 0 spiro atoms. The molecule has 2 N–H and O–H groups in total. The standard InChI is InChI=1S/C19H18Cl2N2O2S/c20-14-5-3-12(10-15(14)21)2-1-8-22-19(25)13-4-6-17-16(11-13)23-18(24)7-9-26-17/h3-6,10-11H,1-2,7-9H2,(H,22,25)(H,23,24). The minimum absolute atomic E-state index is 0.0181. The van der Waals surface area contributed by atoms with Gasteiger partial charge in [-0.3, -0.25) is 9.59 Å². The van der Waals surface area contributed by atoms with E-state index in [0.717, 1.165) is 29.1 Å². The molecule has 7 heteroatoms. The molecule has 2 aromatic carbocycles. The van der Waals surface area contributed by atoms with Crippen LogP contribution in [0.4, 0.5) is 5.69 Å². The fourth-order valence-corrected chi connectivity index (χ4v) is 3.91. The Morgan fingerprint density at radius 1 is 1.15 bits per heavy atom. The van der Waals surface area contributed by atoms with Gasteiger partial charge in [0.2, 0.25) is 5.91 Å². The Hall–Kier alpha value is -1.69. The highest BCUT2D eigenvalue weighted by molar-refractivity contribution is 7.99. The summed E-state index contributed by atoms with van der Waals surface area (Å²) in [6.45, 7) is 0.553. The predicted molar refractivity (Wildman–Crippen MR) is 108 cm³/mol. The molecule has 0 aliphatic carbocycles. The van der Waals surface area contributed by atoms with Gasteiger partial charge in [0.15, 0.2) is 0 Å². The number of hydrogen-bond acceptors (Lipinski definition) is 3. The lowest BCUT2D eigenvalue weighted by Crippen LogP contribution is -2.25. The van der Waals surface area contributed by atoms with Crippen LogP contribution in [0.15, 0.2) is 41.3 Å². The number of fused-ring (bicyclic) bond motifs is 1. The number of rotatable bonds is 5. The van der Waals surface area contributed by atoms with Gasteiger partial charge in [-0.15, -0.1) is 11.8 Å². The number of amides is 2. The molecule has 1 heterocycles. The van der Waals surface area contributed by atoms with Gasteiger partial charge in [-0.1, -0.05) is 29.3 Å². The largest absolute Gasteiger partial charge is 0.352 e. The molecule has 0 fully saturated rings. The molecule has 136 valence electrons. The van der Waals surface area contributed by atoms with Crippen LogP contribution < -0.4 is 10.6 Å². The molecular weight excluding hydrogens is 391 g/mol. The normalized spacial score (nSPS) is 13.5. The number of carbonyl (C=O) groups excluding carboxylic acids is 2. The predicted octanol–water partition coefficient (Wildman–Crippen LogP) is 4.79. The highest BCUT2D eigenvalue weighted by atomic mass is 35.5. The Kier molecular flexibility index (Phi) is 6.46. The van der Waals surface area contributed by atoms with E-state index in [-0.39, 0.29) is 11.8 Å². The van der Waals surface area contributed by atoms with Gasteiger partial charge in [-0.25, -0.2) is 0 Å². The average Bonchev–Trinajstić information content (AvgIpc) is 2.81. The summed E-state index contributed by atoms with van der Waals surface area (Å²) in [4.78, 5) is 25.0. The minimum Gasteiger partial charge on any atom is -0.352 e. The fraction of sp³-hybridized carbons (Fsp3) is 0.263. The molecule has 0 radical (unpaired) electrons. The first-order valence-corrected chi connectivity index (χ1v) is 10.1. The van der Waals surface area contributed by atoms with Gasteiger partial charge in [0.25, 0.3) is 5.91 Å². The lowest BCUT2D eigenvalue weighted by Gasteiger charge is -2.10. The highest BCUT2D eigenvalue weighted by Crippen LogP contribution is 2.31. The maximum Gasteiger partial charge on any atom is 0.251 e. The second-order valence-corrected chi connectivity index (χ2v) is 7.92. The smallest absolute Gasteiger partial charge is 0.251 e. The number of halogens is 2. The van der Waals surface area contributed by atoms with E-state index < -0.39 is 0 Å². The quantitative estimate of drug-likeness (QED) is 0.699. The SMILES string of the molecule is O=C1CCSc2ccc(C(=O)NCCCc3ccc(Cl)c(Cl)c3)cc2N1. The number of carbonyl (C=O) groups is 2. The fourth-order valence-electron chi connectivity index (χ4n) is 2.65. The van der Waals surface area contributed by atoms with Gasteiger partial charge in [0.05, 0.1) is 15.7 Å². The van der Waals surface area contributed by atoms with Crippen molar-refractivity contribution in [3.8, 4) is 0 Å². The van der Waals surface area contributed by atoms with E-state index in [1.165, 1.54) is 0 Å². The first-order chi connectivity index (χ1) is 12.5. The molecule has 0 saturated heterocycles.